The summed E-state index contributed by atoms with van der Waals surface area (Å²) < 4.78 is 5.69. The molecule has 1 saturated carbocycles. The zero-order chi connectivity index (χ0) is 14.1. The normalized spacial score (nSPS) is 28.4. The molecule has 19 heavy (non-hydrogen) atoms. The fourth-order valence-corrected chi connectivity index (χ4v) is 3.09. The van der Waals surface area contributed by atoms with Crippen LogP contribution in [-0.2, 0) is 15.1 Å². The summed E-state index contributed by atoms with van der Waals surface area (Å²) >= 11 is 0. The first kappa shape index (κ1) is 14.3. The van der Waals surface area contributed by atoms with Gasteiger partial charge in [0.15, 0.2) is 11.4 Å². The van der Waals surface area contributed by atoms with Gasteiger partial charge in [0.25, 0.3) is 0 Å². The number of carbonyl (C=O) groups excluding carboxylic acids is 1. The highest BCUT2D eigenvalue weighted by atomic mass is 16.5. The number of ether oxygens (including phenoxy) is 1. The number of ketones is 1. The quantitative estimate of drug-likeness (QED) is 0.805. The van der Waals surface area contributed by atoms with Gasteiger partial charge in [0.2, 0.25) is 0 Å². The van der Waals surface area contributed by atoms with Crippen molar-refractivity contribution in [1.29, 1.82) is 0 Å². The largest absolute Gasteiger partial charge is 0.366 e. The first-order valence-corrected chi connectivity index (χ1v) is 7.04. The smallest absolute Gasteiger partial charge is 0.169 e. The van der Waals surface area contributed by atoms with Crippen LogP contribution in [0.3, 0.4) is 0 Å². The van der Waals surface area contributed by atoms with E-state index in [4.69, 9.17) is 4.74 Å². The molecule has 0 bridgehead atoms. The summed E-state index contributed by atoms with van der Waals surface area (Å²) in [5.74, 6) is 0.680. The number of hydrogen-bond donors (Lipinski definition) is 0. The molecule has 0 unspecified atom stereocenters. The van der Waals surface area contributed by atoms with E-state index >= 15 is 0 Å². The second kappa shape index (κ2) is 5.09. The Morgan fingerprint density at radius 1 is 1.21 bits per heavy atom. The Balaban J connectivity index is 2.28. The summed E-state index contributed by atoms with van der Waals surface area (Å²) in [5.41, 5.74) is 0.463. The fourth-order valence-electron chi connectivity index (χ4n) is 3.09. The number of Topliss-reactive ketones (excluding diaryl/α,β-unsaturated/α-hetero) is 1. The monoisotopic (exact) mass is 260 g/mol. The number of benzene rings is 1. The summed E-state index contributed by atoms with van der Waals surface area (Å²) in [4.78, 5) is 12.7. The Labute approximate surface area is 116 Å². The Morgan fingerprint density at radius 3 is 2.32 bits per heavy atom. The molecule has 1 fully saturated rings. The molecule has 0 aliphatic heterocycles. The summed E-state index contributed by atoms with van der Waals surface area (Å²) in [7, 11) is 1.66. The molecule has 0 aromatic heterocycles. The maximum atomic E-state index is 12.7. The van der Waals surface area contributed by atoms with E-state index in [1.165, 1.54) is 0 Å². The van der Waals surface area contributed by atoms with Crippen molar-refractivity contribution in [2.24, 2.45) is 11.3 Å². The van der Waals surface area contributed by atoms with Crippen molar-refractivity contribution in [1.82, 2.24) is 0 Å². The molecule has 2 nitrogen and oxygen atoms in total. The minimum Gasteiger partial charge on any atom is -0.366 e. The molecule has 2 heteroatoms. The SMILES string of the molecule is CO[C@@]1(c2ccccc2)CC[C@H](C(C)(C)C)CC1=O. The first-order valence-electron chi connectivity index (χ1n) is 7.04. The van der Waals surface area contributed by atoms with Gasteiger partial charge in [-0.2, -0.15) is 0 Å². The molecule has 0 heterocycles. The van der Waals surface area contributed by atoms with Crippen LogP contribution in [0.4, 0.5) is 0 Å². The van der Waals surface area contributed by atoms with Gasteiger partial charge in [-0.05, 0) is 29.7 Å². The Kier molecular flexibility index (Phi) is 3.82. The highest BCUT2D eigenvalue weighted by molar-refractivity contribution is 5.89. The van der Waals surface area contributed by atoms with Gasteiger partial charge < -0.3 is 4.74 Å². The van der Waals surface area contributed by atoms with Gasteiger partial charge in [0, 0.05) is 13.5 Å². The summed E-state index contributed by atoms with van der Waals surface area (Å²) in [6, 6.07) is 9.91. The zero-order valence-electron chi connectivity index (χ0n) is 12.4. The molecule has 1 aliphatic carbocycles. The highest BCUT2D eigenvalue weighted by Crippen LogP contribution is 2.45. The molecule has 0 amide bonds. The van der Waals surface area contributed by atoms with Crippen LogP contribution >= 0.6 is 0 Å². The van der Waals surface area contributed by atoms with Crippen LogP contribution < -0.4 is 0 Å². The van der Waals surface area contributed by atoms with Gasteiger partial charge in [-0.25, -0.2) is 0 Å². The van der Waals surface area contributed by atoms with E-state index in [2.05, 4.69) is 20.8 Å². The number of methoxy groups -OCH3 is 1. The van der Waals surface area contributed by atoms with Crippen LogP contribution in [0.1, 0.15) is 45.6 Å². The zero-order valence-corrected chi connectivity index (χ0v) is 12.4. The average Bonchev–Trinajstić information content (AvgIpc) is 2.39. The predicted molar refractivity (Wildman–Crippen MR) is 76.9 cm³/mol. The van der Waals surface area contributed by atoms with Crippen molar-refractivity contribution in [3.05, 3.63) is 35.9 Å². The summed E-state index contributed by atoms with van der Waals surface area (Å²) in [5, 5.41) is 0. The van der Waals surface area contributed by atoms with E-state index < -0.39 is 5.60 Å². The van der Waals surface area contributed by atoms with Gasteiger partial charge in [0.1, 0.15) is 0 Å². The molecular formula is C17H24O2. The maximum Gasteiger partial charge on any atom is 0.169 e. The molecule has 1 aromatic rings. The van der Waals surface area contributed by atoms with E-state index in [9.17, 15) is 4.79 Å². The third-order valence-corrected chi connectivity index (χ3v) is 4.54. The van der Waals surface area contributed by atoms with Gasteiger partial charge in [-0.15, -0.1) is 0 Å². The molecule has 0 saturated heterocycles. The molecule has 0 N–H and O–H groups in total. The Morgan fingerprint density at radius 2 is 1.84 bits per heavy atom. The van der Waals surface area contributed by atoms with E-state index in [1.807, 2.05) is 30.3 Å². The molecule has 1 aliphatic rings. The Bertz CT molecular complexity index is 444. The van der Waals surface area contributed by atoms with E-state index in [0.717, 1.165) is 18.4 Å². The maximum absolute atomic E-state index is 12.7. The molecule has 1 aromatic carbocycles. The second-order valence-electron chi connectivity index (χ2n) is 6.63. The van der Waals surface area contributed by atoms with Crippen LogP contribution in [0.15, 0.2) is 30.3 Å². The van der Waals surface area contributed by atoms with E-state index in [-0.39, 0.29) is 11.2 Å². The first-order chi connectivity index (χ1) is 8.90. The summed E-state index contributed by atoms with van der Waals surface area (Å²) in [6.45, 7) is 6.65. The van der Waals surface area contributed by atoms with E-state index in [0.29, 0.717) is 12.3 Å². The van der Waals surface area contributed by atoms with Crippen LogP contribution in [0.25, 0.3) is 0 Å². The van der Waals surface area contributed by atoms with Crippen molar-refractivity contribution in [2.45, 2.75) is 45.6 Å². The second-order valence-corrected chi connectivity index (χ2v) is 6.63. The topological polar surface area (TPSA) is 26.3 Å². The van der Waals surface area contributed by atoms with Crippen LogP contribution in [0.5, 0.6) is 0 Å². The third-order valence-electron chi connectivity index (χ3n) is 4.54. The fraction of sp³-hybridized carbons (Fsp3) is 0.588. The van der Waals surface area contributed by atoms with Crippen molar-refractivity contribution in [2.75, 3.05) is 7.11 Å². The molecule has 104 valence electrons. The van der Waals surface area contributed by atoms with Gasteiger partial charge >= 0.3 is 0 Å². The molecule has 2 atom stereocenters. The van der Waals surface area contributed by atoms with Crippen molar-refractivity contribution in [3.63, 3.8) is 0 Å². The number of hydrogen-bond acceptors (Lipinski definition) is 2. The van der Waals surface area contributed by atoms with E-state index in [1.54, 1.807) is 7.11 Å². The minimum atomic E-state index is -0.719. The van der Waals surface area contributed by atoms with Gasteiger partial charge in [-0.1, -0.05) is 51.1 Å². The number of rotatable bonds is 2. The lowest BCUT2D eigenvalue weighted by Crippen LogP contribution is -2.45. The standard InChI is InChI=1S/C17H24O2/c1-16(2,3)14-10-11-17(19-4,15(18)12-14)13-8-6-5-7-9-13/h5-9,14H,10-12H2,1-4H3/t14-,17+/m0/s1. The van der Waals surface area contributed by atoms with Gasteiger partial charge in [0.05, 0.1) is 0 Å². The van der Waals surface area contributed by atoms with Crippen LogP contribution in [-0.4, -0.2) is 12.9 Å². The lowest BCUT2D eigenvalue weighted by atomic mass is 9.66. The van der Waals surface area contributed by atoms with Crippen molar-refractivity contribution < 1.29 is 9.53 Å². The Hall–Kier alpha value is -1.15. The molecule has 0 radical (unpaired) electrons. The molecule has 0 spiro atoms. The molecule has 2 rings (SSSR count). The predicted octanol–water partition coefficient (Wildman–Crippen LogP) is 3.94. The van der Waals surface area contributed by atoms with Crippen molar-refractivity contribution >= 4 is 5.78 Å². The third kappa shape index (κ3) is 2.59. The number of carbonyl (C=O) groups is 1. The van der Waals surface area contributed by atoms with Gasteiger partial charge in [-0.3, -0.25) is 4.79 Å². The van der Waals surface area contributed by atoms with Crippen LogP contribution in [0, 0.1) is 11.3 Å². The highest BCUT2D eigenvalue weighted by Gasteiger charge is 2.46. The van der Waals surface area contributed by atoms with Crippen LogP contribution in [0.2, 0.25) is 0 Å². The lowest BCUT2D eigenvalue weighted by molar-refractivity contribution is -0.151. The minimum absolute atomic E-state index is 0.187. The van der Waals surface area contributed by atoms with Crippen molar-refractivity contribution in [3.8, 4) is 0 Å². The molecular weight excluding hydrogens is 236 g/mol. The summed E-state index contributed by atoms with van der Waals surface area (Å²) in [6.07, 6.45) is 2.44. The lowest BCUT2D eigenvalue weighted by Gasteiger charge is -2.42. The average molecular weight is 260 g/mol.